The first-order chi connectivity index (χ1) is 14.5. The lowest BCUT2D eigenvalue weighted by atomic mass is 9.86. The molecule has 2 aromatic heterocycles. The molecule has 2 aromatic carbocycles. The first-order valence-electron chi connectivity index (χ1n) is 10.8. The van der Waals surface area contributed by atoms with E-state index >= 15 is 0 Å². The van der Waals surface area contributed by atoms with Crippen LogP contribution >= 0.6 is 11.3 Å². The molecule has 1 aliphatic rings. The van der Waals surface area contributed by atoms with Crippen LogP contribution in [0.25, 0.3) is 26.4 Å². The van der Waals surface area contributed by atoms with E-state index in [1.54, 1.807) is 11.3 Å². The number of fused-ring (bicyclic) bond motifs is 3. The van der Waals surface area contributed by atoms with E-state index in [9.17, 15) is 4.79 Å². The van der Waals surface area contributed by atoms with E-state index in [2.05, 4.69) is 54.9 Å². The Bertz CT molecular complexity index is 1250. The Hall–Kier alpha value is -2.66. The van der Waals surface area contributed by atoms with E-state index in [1.165, 1.54) is 36.0 Å². The number of hydrogen-bond acceptors (Lipinski definition) is 3. The zero-order valence-corrected chi connectivity index (χ0v) is 18.6. The maximum absolute atomic E-state index is 12.8. The second-order valence-corrected chi connectivity index (χ2v) is 9.73. The van der Waals surface area contributed by atoms with Crippen LogP contribution in [-0.4, -0.2) is 21.3 Å². The number of nitrogens with zero attached hydrogens (tertiary/aromatic N) is 2. The molecule has 1 aliphatic carbocycles. The summed E-state index contributed by atoms with van der Waals surface area (Å²) in [6.45, 7) is 6.49. The lowest BCUT2D eigenvalue weighted by Crippen LogP contribution is -2.41. The van der Waals surface area contributed by atoms with Crippen molar-refractivity contribution in [3.63, 3.8) is 0 Å². The highest BCUT2D eigenvalue weighted by Gasteiger charge is 2.23. The Morgan fingerprint density at radius 2 is 1.97 bits per heavy atom. The summed E-state index contributed by atoms with van der Waals surface area (Å²) < 4.78 is 3.23. The largest absolute Gasteiger partial charge is 0.349 e. The van der Waals surface area contributed by atoms with Crippen LogP contribution in [0.5, 0.6) is 0 Å². The van der Waals surface area contributed by atoms with Crippen molar-refractivity contribution in [2.45, 2.75) is 52.5 Å². The zero-order chi connectivity index (χ0) is 20.8. The molecular weight excluding hydrogens is 390 g/mol. The van der Waals surface area contributed by atoms with E-state index in [-0.39, 0.29) is 5.91 Å². The third-order valence-corrected chi connectivity index (χ3v) is 7.46. The number of nitrogens with one attached hydrogen (secondary N) is 1. The van der Waals surface area contributed by atoms with Crippen LogP contribution in [-0.2, 0) is 0 Å². The number of imidazole rings is 1. The minimum absolute atomic E-state index is 0.0395. The topological polar surface area (TPSA) is 46.4 Å². The number of thiazole rings is 1. The van der Waals surface area contributed by atoms with Crippen LogP contribution in [0, 0.1) is 19.8 Å². The van der Waals surface area contributed by atoms with Gasteiger partial charge in [0.2, 0.25) is 0 Å². The summed E-state index contributed by atoms with van der Waals surface area (Å²) in [7, 11) is 0. The molecule has 0 spiro atoms. The molecular formula is C25H27N3OS. The first-order valence-corrected chi connectivity index (χ1v) is 11.6. The molecule has 1 saturated carbocycles. The number of carbonyl (C=O) groups is 1. The Balaban J connectivity index is 1.45. The van der Waals surface area contributed by atoms with Gasteiger partial charge in [0.15, 0.2) is 4.96 Å². The van der Waals surface area contributed by atoms with Crippen molar-refractivity contribution in [2.24, 2.45) is 5.92 Å². The maximum Gasteiger partial charge on any atom is 0.251 e. The van der Waals surface area contributed by atoms with Crippen molar-refractivity contribution in [1.29, 1.82) is 0 Å². The lowest BCUT2D eigenvalue weighted by Gasteiger charge is -2.29. The number of aromatic nitrogens is 2. The monoisotopic (exact) mass is 417 g/mol. The van der Waals surface area contributed by atoms with E-state index in [4.69, 9.17) is 4.98 Å². The van der Waals surface area contributed by atoms with Gasteiger partial charge in [-0.25, -0.2) is 4.98 Å². The summed E-state index contributed by atoms with van der Waals surface area (Å²) in [5.74, 6) is 0.595. The van der Waals surface area contributed by atoms with Crippen molar-refractivity contribution >= 4 is 32.4 Å². The number of amides is 1. The Morgan fingerprint density at radius 1 is 1.13 bits per heavy atom. The predicted molar refractivity (Wildman–Crippen MR) is 124 cm³/mol. The summed E-state index contributed by atoms with van der Waals surface area (Å²) >= 11 is 1.64. The third kappa shape index (κ3) is 3.41. The van der Waals surface area contributed by atoms with Crippen LogP contribution in [0.4, 0.5) is 0 Å². The van der Waals surface area contributed by atoms with Gasteiger partial charge in [-0.1, -0.05) is 54.9 Å². The zero-order valence-electron chi connectivity index (χ0n) is 17.7. The van der Waals surface area contributed by atoms with E-state index in [1.807, 2.05) is 18.2 Å². The first kappa shape index (κ1) is 19.3. The molecule has 0 bridgehead atoms. The van der Waals surface area contributed by atoms with Crippen molar-refractivity contribution < 1.29 is 4.79 Å². The maximum atomic E-state index is 12.8. The normalized spacial score (nSPS) is 19.4. The van der Waals surface area contributed by atoms with E-state index in [0.717, 1.165) is 32.9 Å². The van der Waals surface area contributed by atoms with Crippen LogP contribution in [0.3, 0.4) is 0 Å². The molecule has 1 fully saturated rings. The van der Waals surface area contributed by atoms with Gasteiger partial charge in [-0.05, 0) is 56.4 Å². The fourth-order valence-electron chi connectivity index (χ4n) is 4.66. The summed E-state index contributed by atoms with van der Waals surface area (Å²) in [5.41, 5.74) is 6.49. The van der Waals surface area contributed by atoms with Gasteiger partial charge in [-0.2, -0.15) is 0 Å². The molecule has 5 rings (SSSR count). The molecule has 30 heavy (non-hydrogen) atoms. The smallest absolute Gasteiger partial charge is 0.251 e. The molecule has 0 aliphatic heterocycles. The second-order valence-electron chi connectivity index (χ2n) is 8.72. The Kier molecular flexibility index (Phi) is 4.86. The number of benzene rings is 2. The van der Waals surface area contributed by atoms with Crippen molar-refractivity contribution in [3.8, 4) is 11.3 Å². The molecule has 4 aromatic rings. The highest BCUT2D eigenvalue weighted by atomic mass is 32.1. The summed E-state index contributed by atoms with van der Waals surface area (Å²) in [4.78, 5) is 18.7. The summed E-state index contributed by atoms with van der Waals surface area (Å²) in [5, 5.41) is 3.26. The fourth-order valence-corrected chi connectivity index (χ4v) is 5.70. The van der Waals surface area contributed by atoms with Crippen molar-refractivity contribution in [3.05, 3.63) is 59.3 Å². The molecule has 0 saturated heterocycles. The van der Waals surface area contributed by atoms with Gasteiger partial charge in [0.05, 0.1) is 15.9 Å². The number of rotatable bonds is 3. The molecule has 2 atom stereocenters. The minimum Gasteiger partial charge on any atom is -0.349 e. The molecule has 1 amide bonds. The van der Waals surface area contributed by atoms with Gasteiger partial charge in [0, 0.05) is 23.4 Å². The van der Waals surface area contributed by atoms with E-state index < -0.39 is 0 Å². The Labute approximate surface area is 181 Å². The number of aryl methyl sites for hydroxylation is 2. The molecule has 1 N–H and O–H groups in total. The van der Waals surface area contributed by atoms with Gasteiger partial charge in [0.25, 0.3) is 5.91 Å². The average Bonchev–Trinajstić information content (AvgIpc) is 3.27. The van der Waals surface area contributed by atoms with Crippen molar-refractivity contribution in [2.75, 3.05) is 0 Å². The molecule has 2 heterocycles. The van der Waals surface area contributed by atoms with Gasteiger partial charge >= 0.3 is 0 Å². The van der Waals surface area contributed by atoms with Crippen LogP contribution in [0.2, 0.25) is 0 Å². The molecule has 2 unspecified atom stereocenters. The lowest BCUT2D eigenvalue weighted by molar-refractivity contribution is 0.0910. The molecule has 5 heteroatoms. The SMILES string of the molecule is Cc1ccc(-c2cn3c(n2)sc2cc(C(=O)NC4CCCCC4C)ccc23)c(C)c1. The average molecular weight is 418 g/mol. The van der Waals surface area contributed by atoms with Gasteiger partial charge in [0.1, 0.15) is 0 Å². The van der Waals surface area contributed by atoms with Crippen LogP contribution in [0.15, 0.2) is 42.6 Å². The Morgan fingerprint density at radius 3 is 2.77 bits per heavy atom. The highest BCUT2D eigenvalue weighted by molar-refractivity contribution is 7.23. The molecule has 4 nitrogen and oxygen atoms in total. The number of hydrogen-bond donors (Lipinski definition) is 1. The predicted octanol–water partition coefficient (Wildman–Crippen LogP) is 6.14. The summed E-state index contributed by atoms with van der Waals surface area (Å²) in [6, 6.07) is 12.8. The van der Waals surface area contributed by atoms with E-state index in [0.29, 0.717) is 12.0 Å². The minimum atomic E-state index is 0.0395. The van der Waals surface area contributed by atoms with Gasteiger partial charge in [-0.3, -0.25) is 9.20 Å². The van der Waals surface area contributed by atoms with Crippen LogP contribution < -0.4 is 5.32 Å². The molecule has 154 valence electrons. The highest BCUT2D eigenvalue weighted by Crippen LogP contribution is 2.32. The fraction of sp³-hybridized carbons (Fsp3) is 0.360. The number of carbonyl (C=O) groups excluding carboxylic acids is 1. The third-order valence-electron chi connectivity index (χ3n) is 6.44. The van der Waals surface area contributed by atoms with Gasteiger partial charge < -0.3 is 5.32 Å². The summed E-state index contributed by atoms with van der Waals surface area (Å²) in [6.07, 6.45) is 6.88. The van der Waals surface area contributed by atoms with Crippen molar-refractivity contribution in [1.82, 2.24) is 14.7 Å². The van der Waals surface area contributed by atoms with Gasteiger partial charge in [-0.15, -0.1) is 0 Å². The second kappa shape index (κ2) is 7.55. The molecule has 0 radical (unpaired) electrons. The quantitative estimate of drug-likeness (QED) is 0.435. The van der Waals surface area contributed by atoms with Crippen LogP contribution in [0.1, 0.15) is 54.1 Å². The standard InChI is InChI=1S/C25H27N3OS/c1-15-8-10-19(17(3)12-15)21-14-28-22-11-9-18(13-23(22)30-25(28)27-21)24(29)26-20-7-5-4-6-16(20)2/h8-14,16,20H,4-7H2,1-3H3,(H,26,29).